The fourth-order valence-electron chi connectivity index (χ4n) is 1.85. The minimum atomic E-state index is 0.482. The second kappa shape index (κ2) is 5.46. The molecule has 0 unspecified atom stereocenters. The highest BCUT2D eigenvalue weighted by molar-refractivity contribution is 9.10. The molecule has 0 aliphatic rings. The van der Waals surface area contributed by atoms with Gasteiger partial charge in [-0.05, 0) is 40.2 Å². The lowest BCUT2D eigenvalue weighted by Gasteiger charge is -2.00. The van der Waals surface area contributed by atoms with E-state index in [9.17, 15) is 0 Å². The van der Waals surface area contributed by atoms with Crippen LogP contribution in [0.5, 0.6) is 5.75 Å². The smallest absolute Gasteiger partial charge is 0.259 e. The van der Waals surface area contributed by atoms with E-state index in [1.807, 2.05) is 48.5 Å². The molecular formula is C15H11BrN2O2. The van der Waals surface area contributed by atoms with Crippen LogP contribution in [0, 0.1) is 0 Å². The topological polar surface area (TPSA) is 48.2 Å². The predicted octanol–water partition coefficient (Wildman–Crippen LogP) is 4.17. The van der Waals surface area contributed by atoms with Crippen LogP contribution in [0.15, 0.2) is 57.5 Å². The van der Waals surface area contributed by atoms with Gasteiger partial charge in [0.2, 0.25) is 5.82 Å². The Balaban J connectivity index is 2.00. The molecule has 0 bridgehead atoms. The Morgan fingerprint density at radius 3 is 2.75 bits per heavy atom. The van der Waals surface area contributed by atoms with Crippen molar-refractivity contribution in [3.63, 3.8) is 0 Å². The van der Waals surface area contributed by atoms with E-state index >= 15 is 0 Å². The Bertz CT molecular complexity index is 740. The molecule has 0 aliphatic carbocycles. The lowest BCUT2D eigenvalue weighted by molar-refractivity contribution is 0.414. The van der Waals surface area contributed by atoms with Crippen LogP contribution in [0.25, 0.3) is 22.8 Å². The fourth-order valence-corrected chi connectivity index (χ4v) is 2.30. The van der Waals surface area contributed by atoms with Crippen LogP contribution in [-0.4, -0.2) is 17.3 Å². The quantitative estimate of drug-likeness (QED) is 0.723. The number of hydrogen-bond acceptors (Lipinski definition) is 4. The van der Waals surface area contributed by atoms with Gasteiger partial charge in [-0.15, -0.1) is 0 Å². The maximum Gasteiger partial charge on any atom is 0.259 e. The summed E-state index contributed by atoms with van der Waals surface area (Å²) < 4.78 is 11.4. The summed E-state index contributed by atoms with van der Waals surface area (Å²) in [4.78, 5) is 4.42. The van der Waals surface area contributed by atoms with Crippen molar-refractivity contribution in [2.75, 3.05) is 7.11 Å². The van der Waals surface area contributed by atoms with Crippen molar-refractivity contribution < 1.29 is 9.26 Å². The molecule has 0 radical (unpaired) electrons. The highest BCUT2D eigenvalue weighted by atomic mass is 79.9. The second-order valence-corrected chi connectivity index (χ2v) is 4.99. The van der Waals surface area contributed by atoms with Crippen molar-refractivity contribution >= 4 is 15.9 Å². The third-order valence-electron chi connectivity index (χ3n) is 2.86. The van der Waals surface area contributed by atoms with Gasteiger partial charge in [0, 0.05) is 10.0 Å². The van der Waals surface area contributed by atoms with Crippen molar-refractivity contribution in [1.29, 1.82) is 0 Å². The van der Waals surface area contributed by atoms with E-state index < -0.39 is 0 Å². The molecule has 0 atom stereocenters. The van der Waals surface area contributed by atoms with E-state index in [0.717, 1.165) is 21.3 Å². The summed E-state index contributed by atoms with van der Waals surface area (Å²) in [5.41, 5.74) is 1.72. The Morgan fingerprint density at radius 2 is 1.95 bits per heavy atom. The second-order valence-electron chi connectivity index (χ2n) is 4.13. The van der Waals surface area contributed by atoms with E-state index in [-0.39, 0.29) is 0 Å². The van der Waals surface area contributed by atoms with Gasteiger partial charge in [-0.25, -0.2) is 0 Å². The first kappa shape index (κ1) is 12.9. The third-order valence-corrected chi connectivity index (χ3v) is 3.55. The van der Waals surface area contributed by atoms with Crippen LogP contribution in [0.3, 0.4) is 0 Å². The molecule has 0 N–H and O–H groups in total. The normalized spacial score (nSPS) is 10.5. The summed E-state index contributed by atoms with van der Waals surface area (Å²) in [5, 5.41) is 4.02. The van der Waals surface area contributed by atoms with Crippen molar-refractivity contribution in [1.82, 2.24) is 10.1 Å². The van der Waals surface area contributed by atoms with Crippen molar-refractivity contribution in [2.24, 2.45) is 0 Å². The molecule has 1 heterocycles. The molecule has 5 heteroatoms. The fraction of sp³-hybridized carbons (Fsp3) is 0.0667. The van der Waals surface area contributed by atoms with Crippen LogP contribution in [0.4, 0.5) is 0 Å². The molecule has 0 spiro atoms. The summed E-state index contributed by atoms with van der Waals surface area (Å²) >= 11 is 3.47. The third kappa shape index (κ3) is 2.44. The molecule has 100 valence electrons. The van der Waals surface area contributed by atoms with Crippen molar-refractivity contribution in [3.8, 4) is 28.6 Å². The van der Waals surface area contributed by atoms with Gasteiger partial charge in [-0.3, -0.25) is 0 Å². The predicted molar refractivity (Wildman–Crippen MR) is 79.4 cm³/mol. The zero-order valence-corrected chi connectivity index (χ0v) is 12.3. The van der Waals surface area contributed by atoms with Crippen molar-refractivity contribution in [2.45, 2.75) is 0 Å². The number of aromatic nitrogens is 2. The molecule has 3 aromatic rings. The number of ether oxygens (including phenoxy) is 1. The lowest BCUT2D eigenvalue weighted by atomic mass is 10.2. The number of benzene rings is 2. The molecule has 0 aliphatic heterocycles. The number of nitrogens with zero attached hydrogens (tertiary/aromatic N) is 2. The van der Waals surface area contributed by atoms with Crippen LogP contribution in [0.2, 0.25) is 0 Å². The van der Waals surface area contributed by atoms with Gasteiger partial charge in [0.1, 0.15) is 5.75 Å². The zero-order chi connectivity index (χ0) is 13.9. The highest BCUT2D eigenvalue weighted by Gasteiger charge is 2.13. The van der Waals surface area contributed by atoms with Crippen LogP contribution in [0.1, 0.15) is 0 Å². The van der Waals surface area contributed by atoms with E-state index in [1.165, 1.54) is 0 Å². The monoisotopic (exact) mass is 330 g/mol. The zero-order valence-electron chi connectivity index (χ0n) is 10.7. The summed E-state index contributed by atoms with van der Waals surface area (Å²) in [7, 11) is 1.63. The number of rotatable bonds is 3. The molecule has 0 saturated heterocycles. The highest BCUT2D eigenvalue weighted by Crippen LogP contribution is 2.29. The van der Waals surface area contributed by atoms with Gasteiger partial charge in [-0.2, -0.15) is 4.98 Å². The van der Waals surface area contributed by atoms with Crippen LogP contribution in [-0.2, 0) is 0 Å². The lowest BCUT2D eigenvalue weighted by Crippen LogP contribution is -1.85. The molecule has 3 rings (SSSR count). The Hall–Kier alpha value is -2.14. The van der Waals surface area contributed by atoms with Crippen LogP contribution >= 0.6 is 15.9 Å². The van der Waals surface area contributed by atoms with Gasteiger partial charge in [0.05, 0.1) is 12.7 Å². The molecule has 2 aromatic carbocycles. The van der Waals surface area contributed by atoms with Crippen molar-refractivity contribution in [3.05, 3.63) is 53.0 Å². The molecule has 1 aromatic heterocycles. The average Bonchev–Trinajstić information content (AvgIpc) is 2.97. The maximum atomic E-state index is 5.33. The minimum Gasteiger partial charge on any atom is -0.497 e. The molecule has 0 saturated carbocycles. The summed E-state index contributed by atoms with van der Waals surface area (Å²) in [6, 6.07) is 15.3. The number of hydrogen-bond donors (Lipinski definition) is 0. The van der Waals surface area contributed by atoms with Crippen LogP contribution < -0.4 is 4.74 Å². The maximum absolute atomic E-state index is 5.33. The number of halogens is 1. The molecule has 4 nitrogen and oxygen atoms in total. The average molecular weight is 331 g/mol. The summed E-state index contributed by atoms with van der Waals surface area (Å²) in [6.45, 7) is 0. The minimum absolute atomic E-state index is 0.482. The molecule has 0 amide bonds. The van der Waals surface area contributed by atoms with E-state index in [4.69, 9.17) is 9.26 Å². The molecule has 0 fully saturated rings. The Labute approximate surface area is 124 Å². The van der Waals surface area contributed by atoms with E-state index in [0.29, 0.717) is 11.7 Å². The van der Waals surface area contributed by atoms with Gasteiger partial charge in [0.25, 0.3) is 5.89 Å². The SMILES string of the molecule is COc1cccc(-c2noc(-c3ccccc3Br)n2)c1. The van der Waals surface area contributed by atoms with Gasteiger partial charge < -0.3 is 9.26 Å². The first-order valence-electron chi connectivity index (χ1n) is 6.01. The summed E-state index contributed by atoms with van der Waals surface area (Å²) in [6.07, 6.45) is 0. The van der Waals surface area contributed by atoms with E-state index in [2.05, 4.69) is 26.1 Å². The largest absolute Gasteiger partial charge is 0.497 e. The number of methoxy groups -OCH3 is 1. The first-order chi connectivity index (χ1) is 9.78. The van der Waals surface area contributed by atoms with Gasteiger partial charge >= 0.3 is 0 Å². The Kier molecular flexibility index (Phi) is 3.52. The van der Waals surface area contributed by atoms with Gasteiger partial charge in [-0.1, -0.05) is 29.4 Å². The molecular weight excluding hydrogens is 320 g/mol. The van der Waals surface area contributed by atoms with E-state index in [1.54, 1.807) is 7.11 Å². The first-order valence-corrected chi connectivity index (χ1v) is 6.80. The van der Waals surface area contributed by atoms with Gasteiger partial charge in [0.15, 0.2) is 0 Å². The summed E-state index contributed by atoms with van der Waals surface area (Å²) in [5.74, 6) is 1.78. The molecule has 20 heavy (non-hydrogen) atoms. The Morgan fingerprint density at radius 1 is 1.10 bits per heavy atom. The standard InChI is InChI=1S/C15H11BrN2O2/c1-19-11-6-4-5-10(9-11)14-17-15(20-18-14)12-7-2-3-8-13(12)16/h2-9H,1H3.